The van der Waals surface area contributed by atoms with Gasteiger partial charge in [-0.05, 0) is 54.6 Å². The standard InChI is InChI=1S/C23H21N3O2S/c1-17-24-22(28-25-17)19-9-11-20(12-10-19)23(27)26(16-21-8-5-15-29-21)14-13-18-6-3-2-4-7-18/h2-12,15H,13-14,16H2,1H3. The van der Waals surface area contributed by atoms with Crippen molar-refractivity contribution in [2.45, 2.75) is 19.9 Å². The smallest absolute Gasteiger partial charge is 0.257 e. The number of aryl methyl sites for hydroxylation is 1. The maximum atomic E-state index is 13.2. The molecule has 0 aliphatic heterocycles. The molecule has 0 saturated carbocycles. The minimum Gasteiger partial charge on any atom is -0.334 e. The third-order valence-electron chi connectivity index (χ3n) is 4.63. The second-order valence-electron chi connectivity index (χ2n) is 6.77. The van der Waals surface area contributed by atoms with Gasteiger partial charge in [0.1, 0.15) is 0 Å². The van der Waals surface area contributed by atoms with Gasteiger partial charge < -0.3 is 9.42 Å². The molecule has 0 saturated heterocycles. The Hall–Kier alpha value is -3.25. The summed E-state index contributed by atoms with van der Waals surface area (Å²) in [4.78, 5) is 20.5. The summed E-state index contributed by atoms with van der Waals surface area (Å²) in [5.41, 5.74) is 2.67. The number of rotatable bonds is 7. The first-order valence-corrected chi connectivity index (χ1v) is 10.3. The van der Waals surface area contributed by atoms with Crippen molar-refractivity contribution >= 4 is 17.2 Å². The summed E-state index contributed by atoms with van der Waals surface area (Å²) < 4.78 is 5.20. The van der Waals surface area contributed by atoms with E-state index in [-0.39, 0.29) is 5.91 Å². The van der Waals surface area contributed by atoms with Crippen molar-refractivity contribution in [1.82, 2.24) is 15.0 Å². The van der Waals surface area contributed by atoms with Gasteiger partial charge in [0.15, 0.2) is 5.82 Å². The summed E-state index contributed by atoms with van der Waals surface area (Å²) in [5, 5.41) is 5.85. The van der Waals surface area contributed by atoms with Gasteiger partial charge in [-0.1, -0.05) is 41.6 Å². The van der Waals surface area contributed by atoms with E-state index in [1.165, 1.54) is 10.4 Å². The maximum Gasteiger partial charge on any atom is 0.257 e. The molecular weight excluding hydrogens is 382 g/mol. The monoisotopic (exact) mass is 403 g/mol. The predicted molar refractivity (Wildman–Crippen MR) is 114 cm³/mol. The second-order valence-corrected chi connectivity index (χ2v) is 7.80. The highest BCUT2D eigenvalue weighted by Crippen LogP contribution is 2.20. The van der Waals surface area contributed by atoms with Gasteiger partial charge in [-0.3, -0.25) is 4.79 Å². The number of aromatic nitrogens is 2. The van der Waals surface area contributed by atoms with Gasteiger partial charge in [-0.25, -0.2) is 0 Å². The number of amides is 1. The van der Waals surface area contributed by atoms with Gasteiger partial charge in [0.2, 0.25) is 0 Å². The highest BCUT2D eigenvalue weighted by molar-refractivity contribution is 7.09. The van der Waals surface area contributed by atoms with E-state index in [0.717, 1.165) is 12.0 Å². The zero-order valence-electron chi connectivity index (χ0n) is 16.1. The molecular formula is C23H21N3O2S. The molecule has 4 aromatic rings. The van der Waals surface area contributed by atoms with Crippen LogP contribution in [-0.2, 0) is 13.0 Å². The molecule has 6 heteroatoms. The van der Waals surface area contributed by atoms with Crippen LogP contribution in [0.5, 0.6) is 0 Å². The molecule has 0 aliphatic rings. The Labute approximate surface area is 173 Å². The van der Waals surface area contributed by atoms with Crippen molar-refractivity contribution < 1.29 is 9.32 Å². The van der Waals surface area contributed by atoms with E-state index in [1.807, 2.05) is 58.8 Å². The lowest BCUT2D eigenvalue weighted by molar-refractivity contribution is 0.0747. The van der Waals surface area contributed by atoms with Crippen LogP contribution in [0.1, 0.15) is 26.6 Å². The average Bonchev–Trinajstić information content (AvgIpc) is 3.43. The van der Waals surface area contributed by atoms with Gasteiger partial charge in [0.25, 0.3) is 11.8 Å². The van der Waals surface area contributed by atoms with E-state index in [1.54, 1.807) is 18.3 Å². The predicted octanol–water partition coefficient (Wildman–Crippen LogP) is 4.99. The van der Waals surface area contributed by atoms with Crippen LogP contribution in [0.2, 0.25) is 0 Å². The molecule has 0 N–H and O–H groups in total. The highest BCUT2D eigenvalue weighted by Gasteiger charge is 2.17. The van der Waals surface area contributed by atoms with Crippen molar-refractivity contribution in [2.24, 2.45) is 0 Å². The number of benzene rings is 2. The molecule has 146 valence electrons. The minimum atomic E-state index is 0.0163. The van der Waals surface area contributed by atoms with Gasteiger partial charge in [-0.15, -0.1) is 11.3 Å². The first-order chi connectivity index (χ1) is 14.2. The molecule has 1 amide bonds. The van der Waals surface area contributed by atoms with Crippen LogP contribution in [0.15, 0.2) is 76.6 Å². The summed E-state index contributed by atoms with van der Waals surface area (Å²) in [6, 6.07) is 21.7. The number of thiophene rings is 1. The van der Waals surface area contributed by atoms with E-state index in [0.29, 0.717) is 30.4 Å². The summed E-state index contributed by atoms with van der Waals surface area (Å²) in [6.45, 7) is 3.04. The third-order valence-corrected chi connectivity index (χ3v) is 5.49. The molecule has 0 atom stereocenters. The molecule has 4 rings (SSSR count). The molecule has 0 aliphatic carbocycles. The van der Waals surface area contributed by atoms with Crippen LogP contribution in [0.3, 0.4) is 0 Å². The van der Waals surface area contributed by atoms with Crippen molar-refractivity contribution in [3.05, 3.63) is 93.9 Å². The van der Waals surface area contributed by atoms with Crippen molar-refractivity contribution in [3.63, 3.8) is 0 Å². The van der Waals surface area contributed by atoms with Crippen LogP contribution in [0.4, 0.5) is 0 Å². The minimum absolute atomic E-state index is 0.0163. The largest absolute Gasteiger partial charge is 0.334 e. The highest BCUT2D eigenvalue weighted by atomic mass is 32.1. The van der Waals surface area contributed by atoms with Crippen molar-refractivity contribution in [3.8, 4) is 11.5 Å². The Morgan fingerprint density at radius 2 is 1.83 bits per heavy atom. The quantitative estimate of drug-likeness (QED) is 0.436. The molecule has 0 bridgehead atoms. The van der Waals surface area contributed by atoms with E-state index in [4.69, 9.17) is 4.52 Å². The number of carbonyl (C=O) groups is 1. The van der Waals surface area contributed by atoms with Crippen LogP contribution in [0.25, 0.3) is 11.5 Å². The zero-order chi connectivity index (χ0) is 20.1. The van der Waals surface area contributed by atoms with Crippen LogP contribution in [0, 0.1) is 6.92 Å². The Kier molecular flexibility index (Phi) is 5.81. The van der Waals surface area contributed by atoms with Crippen molar-refractivity contribution in [1.29, 1.82) is 0 Å². The fraction of sp³-hybridized carbons (Fsp3) is 0.174. The van der Waals surface area contributed by atoms with Crippen molar-refractivity contribution in [2.75, 3.05) is 6.54 Å². The summed E-state index contributed by atoms with van der Waals surface area (Å²) in [7, 11) is 0. The topological polar surface area (TPSA) is 59.2 Å². The zero-order valence-corrected chi connectivity index (χ0v) is 16.9. The molecule has 2 aromatic carbocycles. The van der Waals surface area contributed by atoms with Crippen LogP contribution in [-0.4, -0.2) is 27.5 Å². The normalized spacial score (nSPS) is 10.8. The second kappa shape index (κ2) is 8.84. The summed E-state index contributed by atoms with van der Waals surface area (Å²) >= 11 is 1.67. The molecule has 0 fully saturated rings. The maximum absolute atomic E-state index is 13.2. The van der Waals surface area contributed by atoms with Gasteiger partial charge in [-0.2, -0.15) is 4.98 Å². The molecule has 5 nitrogen and oxygen atoms in total. The van der Waals surface area contributed by atoms with Crippen LogP contribution >= 0.6 is 11.3 Å². The van der Waals surface area contributed by atoms with Gasteiger partial charge in [0.05, 0.1) is 6.54 Å². The van der Waals surface area contributed by atoms with Gasteiger partial charge in [0, 0.05) is 22.5 Å². The lowest BCUT2D eigenvalue weighted by atomic mass is 10.1. The SMILES string of the molecule is Cc1noc(-c2ccc(C(=O)N(CCc3ccccc3)Cc3cccs3)cc2)n1. The first kappa shape index (κ1) is 19.1. The number of hydrogen-bond donors (Lipinski definition) is 0. The molecule has 2 aromatic heterocycles. The molecule has 29 heavy (non-hydrogen) atoms. The molecule has 0 radical (unpaired) electrons. The Balaban J connectivity index is 1.51. The Bertz CT molecular complexity index is 1060. The molecule has 0 unspecified atom stereocenters. The lowest BCUT2D eigenvalue weighted by Gasteiger charge is -2.22. The van der Waals surface area contributed by atoms with Gasteiger partial charge >= 0.3 is 0 Å². The molecule has 0 spiro atoms. The fourth-order valence-corrected chi connectivity index (χ4v) is 3.82. The van der Waals surface area contributed by atoms with E-state index < -0.39 is 0 Å². The fourth-order valence-electron chi connectivity index (χ4n) is 3.10. The third kappa shape index (κ3) is 4.78. The number of carbonyl (C=O) groups excluding carboxylic acids is 1. The number of hydrogen-bond acceptors (Lipinski definition) is 5. The van der Waals surface area contributed by atoms with E-state index in [9.17, 15) is 4.79 Å². The summed E-state index contributed by atoms with van der Waals surface area (Å²) in [5.74, 6) is 1.06. The van der Waals surface area contributed by atoms with E-state index in [2.05, 4.69) is 28.3 Å². The van der Waals surface area contributed by atoms with Crippen LogP contribution < -0.4 is 0 Å². The number of nitrogens with zero attached hydrogens (tertiary/aromatic N) is 3. The average molecular weight is 404 g/mol. The Morgan fingerprint density at radius 3 is 2.48 bits per heavy atom. The summed E-state index contributed by atoms with van der Waals surface area (Å²) in [6.07, 6.45) is 0.817. The lowest BCUT2D eigenvalue weighted by Crippen LogP contribution is -2.32. The first-order valence-electron chi connectivity index (χ1n) is 9.45. The molecule has 2 heterocycles. The Morgan fingerprint density at radius 1 is 1.03 bits per heavy atom. The van der Waals surface area contributed by atoms with E-state index >= 15 is 0 Å².